The first-order valence-corrected chi connectivity index (χ1v) is 9.95. The number of carbonyl (C=O) groups excluding carboxylic acids is 4. The maximum Gasteiger partial charge on any atom is 0.338 e. The van der Waals surface area contributed by atoms with E-state index in [0.717, 1.165) is 11.3 Å². The molecule has 2 aliphatic heterocycles. The van der Waals surface area contributed by atoms with Crippen molar-refractivity contribution in [2.45, 2.75) is 6.42 Å². The van der Waals surface area contributed by atoms with Crippen LogP contribution in [0.5, 0.6) is 11.5 Å². The minimum absolute atomic E-state index is 0.0636. The predicted octanol–water partition coefficient (Wildman–Crippen LogP) is 2.43. The second-order valence-corrected chi connectivity index (χ2v) is 7.11. The molecule has 0 saturated heterocycles. The van der Waals surface area contributed by atoms with E-state index in [-0.39, 0.29) is 23.2 Å². The molecule has 4 rings (SSSR count). The van der Waals surface area contributed by atoms with Crippen LogP contribution in [0.2, 0.25) is 0 Å². The van der Waals surface area contributed by atoms with Crippen LogP contribution >= 0.6 is 0 Å². The highest BCUT2D eigenvalue weighted by atomic mass is 16.5. The zero-order valence-electron chi connectivity index (χ0n) is 17.1. The quantitative estimate of drug-likeness (QED) is 0.421. The van der Waals surface area contributed by atoms with Gasteiger partial charge < -0.3 is 19.5 Å². The molecule has 164 valence electrons. The number of hydrogen-bond acceptors (Lipinski definition) is 7. The summed E-state index contributed by atoms with van der Waals surface area (Å²) in [5.41, 5.74) is 0.858. The second kappa shape index (κ2) is 8.93. The lowest BCUT2D eigenvalue weighted by Crippen LogP contribution is -2.29. The van der Waals surface area contributed by atoms with Crippen molar-refractivity contribution in [3.05, 3.63) is 65.7 Å². The maximum absolute atomic E-state index is 12.4. The predicted molar refractivity (Wildman–Crippen MR) is 113 cm³/mol. The van der Waals surface area contributed by atoms with E-state index >= 15 is 0 Å². The number of nitrogens with one attached hydrogen (secondary N) is 1. The van der Waals surface area contributed by atoms with E-state index in [1.807, 2.05) is 0 Å². The molecule has 0 saturated carbocycles. The third-order valence-electron chi connectivity index (χ3n) is 4.88. The molecule has 2 aromatic carbocycles. The summed E-state index contributed by atoms with van der Waals surface area (Å²) in [6.45, 7) is 4.15. The molecule has 1 N–H and O–H groups in total. The van der Waals surface area contributed by atoms with Gasteiger partial charge in [0.2, 0.25) is 0 Å². The molecule has 0 aromatic heterocycles. The van der Waals surface area contributed by atoms with Crippen molar-refractivity contribution in [2.75, 3.05) is 31.7 Å². The van der Waals surface area contributed by atoms with Gasteiger partial charge in [-0.05, 0) is 30.3 Å². The summed E-state index contributed by atoms with van der Waals surface area (Å²) >= 11 is 0. The molecule has 32 heavy (non-hydrogen) atoms. The highest BCUT2D eigenvalue weighted by Crippen LogP contribution is 2.32. The summed E-state index contributed by atoms with van der Waals surface area (Å²) in [5.74, 6) is -1.16. The van der Waals surface area contributed by atoms with Crippen molar-refractivity contribution in [2.24, 2.45) is 0 Å². The minimum Gasteiger partial charge on any atom is -0.490 e. The monoisotopic (exact) mass is 436 g/mol. The van der Waals surface area contributed by atoms with Crippen molar-refractivity contribution in [1.29, 1.82) is 0 Å². The number of fused-ring (bicyclic) bond motifs is 2. The number of rotatable bonds is 6. The Morgan fingerprint density at radius 2 is 1.78 bits per heavy atom. The van der Waals surface area contributed by atoms with Crippen LogP contribution in [0.3, 0.4) is 0 Å². The first-order valence-electron chi connectivity index (χ1n) is 9.95. The van der Waals surface area contributed by atoms with Crippen LogP contribution in [0.15, 0.2) is 49.1 Å². The number of nitrogens with zero attached hydrogens (tertiary/aromatic N) is 1. The van der Waals surface area contributed by atoms with Crippen molar-refractivity contribution < 1.29 is 33.4 Å². The smallest absolute Gasteiger partial charge is 0.338 e. The summed E-state index contributed by atoms with van der Waals surface area (Å²) < 4.78 is 16.2. The maximum atomic E-state index is 12.4. The fourth-order valence-electron chi connectivity index (χ4n) is 3.37. The lowest BCUT2D eigenvalue weighted by Gasteiger charge is -2.11. The fourth-order valence-corrected chi connectivity index (χ4v) is 3.37. The Morgan fingerprint density at radius 3 is 2.56 bits per heavy atom. The van der Waals surface area contributed by atoms with Crippen LogP contribution in [-0.4, -0.2) is 55.0 Å². The van der Waals surface area contributed by atoms with E-state index in [2.05, 4.69) is 11.9 Å². The highest BCUT2D eigenvalue weighted by molar-refractivity contribution is 6.22. The summed E-state index contributed by atoms with van der Waals surface area (Å²) in [7, 11) is 0. The second-order valence-electron chi connectivity index (χ2n) is 7.11. The van der Waals surface area contributed by atoms with Gasteiger partial charge in [-0.2, -0.15) is 0 Å². The van der Waals surface area contributed by atoms with E-state index < -0.39 is 30.3 Å². The Kier molecular flexibility index (Phi) is 5.89. The van der Waals surface area contributed by atoms with Gasteiger partial charge in [-0.25, -0.2) is 4.79 Å². The number of benzene rings is 2. The van der Waals surface area contributed by atoms with Crippen LogP contribution in [0.1, 0.15) is 37.5 Å². The van der Waals surface area contributed by atoms with Gasteiger partial charge >= 0.3 is 5.97 Å². The molecule has 2 heterocycles. The number of anilines is 1. The Bertz CT molecular complexity index is 1130. The lowest BCUT2D eigenvalue weighted by molar-refractivity contribution is -0.119. The van der Waals surface area contributed by atoms with E-state index in [0.29, 0.717) is 30.4 Å². The standard InChI is InChI=1S/C23H20N2O7/c1-2-8-25-21(27)16-6-4-14(11-17(16)22(25)28)23(29)32-13-20(26)24-15-5-7-18-19(12-15)31-10-3-9-30-18/h2,4-7,11-12H,1,3,8-10,13H2,(H,24,26). The normalized spacial score (nSPS) is 14.4. The minimum atomic E-state index is -0.788. The molecule has 2 aliphatic rings. The van der Waals surface area contributed by atoms with E-state index in [1.165, 1.54) is 24.3 Å². The molecule has 0 bridgehead atoms. The molecule has 3 amide bonds. The number of carbonyl (C=O) groups is 4. The Hall–Kier alpha value is -4.14. The van der Waals surface area contributed by atoms with Crippen LogP contribution < -0.4 is 14.8 Å². The van der Waals surface area contributed by atoms with Crippen LogP contribution in [-0.2, 0) is 9.53 Å². The van der Waals surface area contributed by atoms with Crippen LogP contribution in [0.25, 0.3) is 0 Å². The third-order valence-corrected chi connectivity index (χ3v) is 4.88. The Labute approximate surface area is 183 Å². The molecule has 9 nitrogen and oxygen atoms in total. The molecule has 2 aromatic rings. The van der Waals surface area contributed by atoms with Crippen LogP contribution in [0, 0.1) is 0 Å². The van der Waals surface area contributed by atoms with Gasteiger partial charge in [0.15, 0.2) is 18.1 Å². The average Bonchev–Trinajstić information content (AvgIpc) is 2.94. The Balaban J connectivity index is 1.37. The topological polar surface area (TPSA) is 111 Å². The number of imide groups is 1. The van der Waals surface area contributed by atoms with Crippen LogP contribution in [0.4, 0.5) is 5.69 Å². The molecule has 0 unspecified atom stereocenters. The van der Waals surface area contributed by atoms with Gasteiger partial charge in [0.1, 0.15) is 0 Å². The number of ether oxygens (including phenoxy) is 3. The van der Waals surface area contributed by atoms with Gasteiger partial charge in [0.25, 0.3) is 17.7 Å². The molecule has 0 aliphatic carbocycles. The first-order chi connectivity index (χ1) is 15.5. The van der Waals surface area contributed by atoms with Gasteiger partial charge in [-0.15, -0.1) is 6.58 Å². The molecule has 0 radical (unpaired) electrons. The highest BCUT2D eigenvalue weighted by Gasteiger charge is 2.35. The lowest BCUT2D eigenvalue weighted by atomic mass is 10.1. The number of amides is 3. The number of hydrogen-bond donors (Lipinski definition) is 1. The average molecular weight is 436 g/mol. The summed E-state index contributed by atoms with van der Waals surface area (Å²) in [4.78, 5) is 50.2. The molecular formula is C23H20N2O7. The number of esters is 1. The Morgan fingerprint density at radius 1 is 1.03 bits per heavy atom. The zero-order valence-corrected chi connectivity index (χ0v) is 17.1. The van der Waals surface area contributed by atoms with Gasteiger partial charge in [-0.3, -0.25) is 19.3 Å². The van der Waals surface area contributed by atoms with E-state index in [1.54, 1.807) is 18.2 Å². The first kappa shape index (κ1) is 21.1. The van der Waals surface area contributed by atoms with Gasteiger partial charge in [0.05, 0.1) is 29.9 Å². The summed E-state index contributed by atoms with van der Waals surface area (Å²) in [5, 5.41) is 2.63. The van der Waals surface area contributed by atoms with E-state index in [4.69, 9.17) is 14.2 Å². The van der Waals surface area contributed by atoms with Crippen molar-refractivity contribution in [1.82, 2.24) is 4.90 Å². The molecule has 0 fully saturated rings. The van der Waals surface area contributed by atoms with Gasteiger partial charge in [0, 0.05) is 24.7 Å². The van der Waals surface area contributed by atoms with Crippen molar-refractivity contribution in [3.8, 4) is 11.5 Å². The third kappa shape index (κ3) is 4.18. The summed E-state index contributed by atoms with van der Waals surface area (Å²) in [6, 6.07) is 9.06. The van der Waals surface area contributed by atoms with Crippen molar-refractivity contribution in [3.63, 3.8) is 0 Å². The molecular weight excluding hydrogens is 416 g/mol. The van der Waals surface area contributed by atoms with E-state index in [9.17, 15) is 19.2 Å². The molecule has 0 atom stereocenters. The summed E-state index contributed by atoms with van der Waals surface area (Å²) in [6.07, 6.45) is 2.21. The fraction of sp³-hybridized carbons (Fsp3) is 0.217. The molecule has 0 spiro atoms. The largest absolute Gasteiger partial charge is 0.490 e. The zero-order chi connectivity index (χ0) is 22.7. The van der Waals surface area contributed by atoms with Crippen molar-refractivity contribution >= 4 is 29.4 Å². The van der Waals surface area contributed by atoms with Gasteiger partial charge in [-0.1, -0.05) is 6.08 Å². The SMILES string of the molecule is C=CCN1C(=O)c2ccc(C(=O)OCC(=O)Nc3ccc4c(c3)OCCCO4)cc2C1=O. The molecule has 9 heteroatoms.